The van der Waals surface area contributed by atoms with E-state index in [2.05, 4.69) is 33.4 Å². The van der Waals surface area contributed by atoms with Gasteiger partial charge in [0.15, 0.2) is 5.89 Å². The monoisotopic (exact) mass is 364 g/mol. The summed E-state index contributed by atoms with van der Waals surface area (Å²) in [6, 6.07) is 6.11. The number of fused-ring (bicyclic) bond motifs is 1. The molecule has 1 saturated carbocycles. The Bertz CT molecular complexity index is 1030. The van der Waals surface area contributed by atoms with E-state index in [0.29, 0.717) is 11.7 Å². The van der Waals surface area contributed by atoms with Gasteiger partial charge in [0.05, 0.1) is 12.2 Å². The molecule has 2 heterocycles. The van der Waals surface area contributed by atoms with Crippen LogP contribution in [0.5, 0.6) is 0 Å². The van der Waals surface area contributed by atoms with E-state index in [4.69, 9.17) is 8.94 Å². The van der Waals surface area contributed by atoms with Crippen LogP contribution in [-0.4, -0.2) is 21.0 Å². The third-order valence-electron chi connectivity index (χ3n) is 5.57. The average molecular weight is 364 g/mol. The molecule has 27 heavy (non-hydrogen) atoms. The van der Waals surface area contributed by atoms with Crippen LogP contribution >= 0.6 is 0 Å². The second kappa shape index (κ2) is 5.77. The molecule has 5 rings (SSSR count). The fourth-order valence-corrected chi connectivity index (χ4v) is 3.59. The fraction of sp³-hybridized carbons (Fsp3) is 0.400. The van der Waals surface area contributed by atoms with E-state index in [0.717, 1.165) is 42.7 Å². The molecule has 2 aliphatic rings. The molecule has 1 fully saturated rings. The second-order valence-electron chi connectivity index (χ2n) is 7.71. The largest absolute Gasteiger partial charge is 0.436 e. The lowest BCUT2D eigenvalue weighted by atomic mass is 10.0. The number of carbonyl (C=O) groups is 1. The van der Waals surface area contributed by atoms with Crippen LogP contribution in [0.4, 0.5) is 0 Å². The summed E-state index contributed by atoms with van der Waals surface area (Å²) in [5.74, 6) is 1.84. The lowest BCUT2D eigenvalue weighted by Crippen LogP contribution is -2.26. The summed E-state index contributed by atoms with van der Waals surface area (Å²) in [7, 11) is 0. The average Bonchev–Trinajstić information content (AvgIpc) is 3.07. The van der Waals surface area contributed by atoms with Gasteiger partial charge in [0.2, 0.25) is 17.5 Å². The van der Waals surface area contributed by atoms with Crippen molar-refractivity contribution < 1.29 is 13.7 Å². The Hall–Kier alpha value is -2.96. The molecule has 1 atom stereocenters. The number of benzene rings is 1. The predicted octanol–water partition coefficient (Wildman–Crippen LogP) is 3.50. The molecule has 1 unspecified atom stereocenters. The first-order valence-corrected chi connectivity index (χ1v) is 9.22. The molecule has 1 aromatic carbocycles. The van der Waals surface area contributed by atoms with Crippen LogP contribution in [0.2, 0.25) is 0 Å². The number of amides is 1. The van der Waals surface area contributed by atoms with Gasteiger partial charge in [-0.2, -0.15) is 4.98 Å². The van der Waals surface area contributed by atoms with Gasteiger partial charge < -0.3 is 14.3 Å². The number of hydrogen-bond donors (Lipinski definition) is 1. The Kier molecular flexibility index (Phi) is 3.47. The van der Waals surface area contributed by atoms with E-state index in [1.807, 2.05) is 12.1 Å². The maximum Gasteiger partial charge on any atom is 0.289 e. The molecule has 3 aromatic rings. The van der Waals surface area contributed by atoms with Crippen molar-refractivity contribution >= 4 is 5.91 Å². The Morgan fingerprint density at radius 3 is 2.93 bits per heavy atom. The molecule has 0 radical (unpaired) electrons. The SMILES string of the molecule is Cc1ncc(C(=O)NC2CCc3cc(-c4noc(C5(C)CC5)n4)ccc32)o1. The van der Waals surface area contributed by atoms with Crippen LogP contribution < -0.4 is 5.32 Å². The van der Waals surface area contributed by atoms with Crippen LogP contribution in [-0.2, 0) is 11.8 Å². The maximum atomic E-state index is 12.3. The molecule has 7 heteroatoms. The first kappa shape index (κ1) is 16.2. The molecule has 1 amide bonds. The number of hydrogen-bond acceptors (Lipinski definition) is 6. The van der Waals surface area contributed by atoms with Gasteiger partial charge in [-0.25, -0.2) is 4.98 Å². The predicted molar refractivity (Wildman–Crippen MR) is 96.1 cm³/mol. The Morgan fingerprint density at radius 1 is 1.33 bits per heavy atom. The molecule has 7 nitrogen and oxygen atoms in total. The number of nitrogens with zero attached hydrogens (tertiary/aromatic N) is 3. The zero-order chi connectivity index (χ0) is 18.6. The quantitative estimate of drug-likeness (QED) is 0.761. The van der Waals surface area contributed by atoms with Crippen LogP contribution in [0.1, 0.15) is 65.7 Å². The van der Waals surface area contributed by atoms with E-state index in [-0.39, 0.29) is 23.1 Å². The van der Waals surface area contributed by atoms with Crippen molar-refractivity contribution in [3.05, 3.63) is 53.1 Å². The second-order valence-corrected chi connectivity index (χ2v) is 7.71. The molecule has 138 valence electrons. The van der Waals surface area contributed by atoms with E-state index in [1.165, 1.54) is 11.8 Å². The van der Waals surface area contributed by atoms with Gasteiger partial charge >= 0.3 is 0 Å². The van der Waals surface area contributed by atoms with Crippen molar-refractivity contribution in [3.63, 3.8) is 0 Å². The smallest absolute Gasteiger partial charge is 0.289 e. The van der Waals surface area contributed by atoms with Crippen LogP contribution in [0.15, 0.2) is 33.3 Å². The number of oxazole rings is 1. The minimum atomic E-state index is -0.238. The van der Waals surface area contributed by atoms with Gasteiger partial charge in [0.1, 0.15) is 0 Å². The lowest BCUT2D eigenvalue weighted by molar-refractivity contribution is 0.0907. The van der Waals surface area contributed by atoms with Crippen LogP contribution in [0.3, 0.4) is 0 Å². The summed E-state index contributed by atoms with van der Waals surface area (Å²) in [5.41, 5.74) is 3.35. The van der Waals surface area contributed by atoms with Gasteiger partial charge in [-0.15, -0.1) is 0 Å². The summed E-state index contributed by atoms with van der Waals surface area (Å²) >= 11 is 0. The van der Waals surface area contributed by atoms with Crippen LogP contribution in [0, 0.1) is 6.92 Å². The summed E-state index contributed by atoms with van der Waals surface area (Å²) in [4.78, 5) is 20.9. The molecule has 1 N–H and O–H groups in total. The first-order chi connectivity index (χ1) is 13.0. The van der Waals surface area contributed by atoms with Crippen molar-refractivity contribution in [2.45, 2.75) is 51.0 Å². The first-order valence-electron chi connectivity index (χ1n) is 9.22. The fourth-order valence-electron chi connectivity index (χ4n) is 3.59. The molecular weight excluding hydrogens is 344 g/mol. The molecular formula is C20H20N4O3. The normalized spacial score (nSPS) is 19.7. The van der Waals surface area contributed by atoms with Gasteiger partial charge in [0, 0.05) is 17.9 Å². The highest BCUT2D eigenvalue weighted by Crippen LogP contribution is 2.47. The number of carbonyl (C=O) groups excluding carboxylic acids is 1. The highest BCUT2D eigenvalue weighted by molar-refractivity contribution is 5.91. The standard InChI is InChI=1S/C20H20N4O3/c1-11-21-10-16(26-11)18(25)22-15-6-4-12-9-13(3-5-14(12)15)17-23-19(27-24-17)20(2)7-8-20/h3,5,9-10,15H,4,6-8H2,1-2H3,(H,22,25). The van der Waals surface area contributed by atoms with E-state index in [1.54, 1.807) is 6.92 Å². The summed E-state index contributed by atoms with van der Waals surface area (Å²) in [6.07, 6.45) is 5.41. The molecule has 0 spiro atoms. The van der Waals surface area contributed by atoms with E-state index < -0.39 is 0 Å². The number of aryl methyl sites for hydroxylation is 2. The number of aromatic nitrogens is 3. The summed E-state index contributed by atoms with van der Waals surface area (Å²) in [5, 5.41) is 7.19. The zero-order valence-electron chi connectivity index (χ0n) is 15.3. The van der Waals surface area contributed by atoms with Crippen molar-refractivity contribution in [3.8, 4) is 11.4 Å². The molecule has 2 aliphatic carbocycles. The van der Waals surface area contributed by atoms with Crippen molar-refractivity contribution in [2.24, 2.45) is 0 Å². The number of rotatable bonds is 4. The summed E-state index contributed by atoms with van der Waals surface area (Å²) < 4.78 is 10.8. The Morgan fingerprint density at radius 2 is 2.19 bits per heavy atom. The highest BCUT2D eigenvalue weighted by atomic mass is 16.5. The van der Waals surface area contributed by atoms with Crippen molar-refractivity contribution in [2.75, 3.05) is 0 Å². The molecule has 0 bridgehead atoms. The molecule has 0 aliphatic heterocycles. The highest BCUT2D eigenvalue weighted by Gasteiger charge is 2.44. The Balaban J connectivity index is 1.35. The van der Waals surface area contributed by atoms with E-state index >= 15 is 0 Å². The van der Waals surface area contributed by atoms with Gasteiger partial charge in [-0.3, -0.25) is 4.79 Å². The topological polar surface area (TPSA) is 94.1 Å². The minimum absolute atomic E-state index is 0.0295. The summed E-state index contributed by atoms with van der Waals surface area (Å²) in [6.45, 7) is 3.87. The lowest BCUT2D eigenvalue weighted by Gasteiger charge is -2.13. The van der Waals surface area contributed by atoms with Crippen molar-refractivity contribution in [1.82, 2.24) is 20.4 Å². The van der Waals surface area contributed by atoms with Crippen molar-refractivity contribution in [1.29, 1.82) is 0 Å². The Labute approximate surface area is 156 Å². The molecule has 0 saturated heterocycles. The third-order valence-corrected chi connectivity index (χ3v) is 5.57. The number of nitrogens with one attached hydrogen (secondary N) is 1. The van der Waals surface area contributed by atoms with E-state index in [9.17, 15) is 4.79 Å². The van der Waals surface area contributed by atoms with Gasteiger partial charge in [-0.05, 0) is 42.9 Å². The maximum absolute atomic E-state index is 12.3. The van der Waals surface area contributed by atoms with Crippen LogP contribution in [0.25, 0.3) is 11.4 Å². The minimum Gasteiger partial charge on any atom is -0.436 e. The zero-order valence-corrected chi connectivity index (χ0v) is 15.3. The van der Waals surface area contributed by atoms with Gasteiger partial charge in [0.25, 0.3) is 5.91 Å². The third kappa shape index (κ3) is 2.83. The van der Waals surface area contributed by atoms with Gasteiger partial charge in [-0.1, -0.05) is 24.2 Å². The molecule has 2 aromatic heterocycles.